The van der Waals surface area contributed by atoms with E-state index in [1.54, 1.807) is 13.8 Å². The van der Waals surface area contributed by atoms with Gasteiger partial charge in [-0.3, -0.25) is 0 Å². The second-order valence-electron chi connectivity index (χ2n) is 1.65. The summed E-state index contributed by atoms with van der Waals surface area (Å²) in [7, 11) is 0. The molecule has 0 N–H and O–H groups in total. The average Bonchev–Trinajstić information content (AvgIpc) is 1.87. The van der Waals surface area contributed by atoms with Gasteiger partial charge in [0.15, 0.2) is 0 Å². The maximum Gasteiger partial charge on any atom is 1.00 e. The first-order valence-corrected chi connectivity index (χ1v) is 3.39. The van der Waals surface area contributed by atoms with Crippen LogP contribution in [-0.2, 0) is 14.3 Å². The van der Waals surface area contributed by atoms with Crippen molar-refractivity contribution in [3.63, 3.8) is 0 Å². The molecule has 0 saturated heterocycles. The van der Waals surface area contributed by atoms with Crippen LogP contribution >= 0.6 is 0 Å². The molecule has 0 atom stereocenters. The van der Waals surface area contributed by atoms with E-state index in [2.05, 4.69) is 9.47 Å². The fraction of sp³-hybridized carbons (Fsp3) is 0.571. The van der Waals surface area contributed by atoms with Crippen molar-refractivity contribution in [2.75, 3.05) is 13.2 Å². The Balaban J connectivity index is 0. The molecule has 0 aliphatic heterocycles. The summed E-state index contributed by atoms with van der Waals surface area (Å²) in [6.45, 7) is 3.84. The zero-order valence-electron chi connectivity index (χ0n) is 7.62. The van der Waals surface area contributed by atoms with Gasteiger partial charge in [-0.15, -0.1) is 0 Å². The topological polar surface area (TPSA) is 58.6 Å². The van der Waals surface area contributed by atoms with Gasteiger partial charge in [-0.05, 0) is 13.5 Å². The van der Waals surface area contributed by atoms with Gasteiger partial charge in [-0.1, -0.05) is 6.92 Å². The first-order chi connectivity index (χ1) is 5.20. The Morgan fingerprint density at radius 3 is 2.25 bits per heavy atom. The summed E-state index contributed by atoms with van der Waals surface area (Å²) < 4.78 is 8.93. The van der Waals surface area contributed by atoms with Gasteiger partial charge in [-0.25, -0.2) is 4.79 Å². The van der Waals surface area contributed by atoms with Crippen molar-refractivity contribution in [1.82, 2.24) is 0 Å². The van der Waals surface area contributed by atoms with Crippen molar-refractivity contribution in [3.05, 3.63) is 12.0 Å². The van der Waals surface area contributed by atoms with Crippen molar-refractivity contribution in [2.45, 2.75) is 13.8 Å². The molecule has 0 aliphatic rings. The number of rotatable bonds is 4. The molecule has 12 heavy (non-hydrogen) atoms. The smallest absolute Gasteiger partial charge is 0.613 e. The van der Waals surface area contributed by atoms with E-state index in [9.17, 15) is 9.90 Å². The first kappa shape index (κ1) is 14.0. The third-order valence-corrected chi connectivity index (χ3v) is 0.809. The van der Waals surface area contributed by atoms with Crippen LogP contribution in [0.3, 0.4) is 0 Å². The molecule has 0 aromatic heterocycles. The Bertz CT molecular complexity index is 155. The van der Waals surface area contributed by atoms with Gasteiger partial charge in [0, 0.05) is 6.08 Å². The van der Waals surface area contributed by atoms with Crippen molar-refractivity contribution in [2.24, 2.45) is 0 Å². The van der Waals surface area contributed by atoms with Crippen LogP contribution in [0.2, 0.25) is 0 Å². The molecule has 5 heteroatoms. The van der Waals surface area contributed by atoms with Gasteiger partial charge in [0.25, 0.3) is 0 Å². The van der Waals surface area contributed by atoms with E-state index in [1.807, 2.05) is 0 Å². The summed E-state index contributed by atoms with van der Waals surface area (Å²) in [6, 6.07) is 0. The summed E-state index contributed by atoms with van der Waals surface area (Å²) in [6.07, 6.45) is 0.785. The van der Waals surface area contributed by atoms with Crippen LogP contribution in [-0.4, -0.2) is 19.2 Å². The van der Waals surface area contributed by atoms with Gasteiger partial charge in [0.05, 0.1) is 12.6 Å². The van der Waals surface area contributed by atoms with Gasteiger partial charge in [0.1, 0.15) is 0 Å². The quantitative estimate of drug-likeness (QED) is 0.191. The molecule has 0 aromatic carbocycles. The number of carbonyl (C=O) groups excluding carboxylic acids is 1. The molecule has 0 spiro atoms. The second-order valence-corrected chi connectivity index (χ2v) is 1.65. The normalized spacial score (nSPS) is 10.0. The maximum atomic E-state index is 10.5. The van der Waals surface area contributed by atoms with E-state index >= 15 is 0 Å². The third kappa shape index (κ3) is 7.51. The van der Waals surface area contributed by atoms with E-state index in [1.165, 1.54) is 0 Å². The Kier molecular flexibility index (Phi) is 9.89. The zero-order chi connectivity index (χ0) is 8.69. The standard InChI is InChI=1S/C7H12O4.Li/c1-3-10-6(8)5-7(9)11-4-2;/h5,8H,3-4H2,1-2H3;/q;+1/p-1/b6-5-;. The molecule has 0 saturated carbocycles. The molecular weight excluding hydrogens is 155 g/mol. The molecule has 4 nitrogen and oxygen atoms in total. The third-order valence-electron chi connectivity index (χ3n) is 0.809. The van der Waals surface area contributed by atoms with Crippen LogP contribution in [0.5, 0.6) is 0 Å². The van der Waals surface area contributed by atoms with Gasteiger partial charge < -0.3 is 14.6 Å². The summed E-state index contributed by atoms with van der Waals surface area (Å²) in [4.78, 5) is 10.5. The summed E-state index contributed by atoms with van der Waals surface area (Å²) >= 11 is 0. The van der Waals surface area contributed by atoms with Crippen LogP contribution in [0.4, 0.5) is 0 Å². The van der Waals surface area contributed by atoms with Crippen LogP contribution < -0.4 is 24.0 Å². The molecule has 0 amide bonds. The minimum Gasteiger partial charge on any atom is -0.613 e. The molecular formula is C7H11LiO4. The Labute approximate surface area is 83.7 Å². The predicted octanol–water partition coefficient (Wildman–Crippen LogP) is -3.21. The van der Waals surface area contributed by atoms with Crippen molar-refractivity contribution in [1.29, 1.82) is 0 Å². The fourth-order valence-corrected chi connectivity index (χ4v) is 0.464. The van der Waals surface area contributed by atoms with E-state index in [0.717, 1.165) is 6.08 Å². The number of hydrogen-bond donors (Lipinski definition) is 0. The number of hydrogen-bond acceptors (Lipinski definition) is 4. The Hall–Kier alpha value is -0.593. The minimum absolute atomic E-state index is 0. The zero-order valence-corrected chi connectivity index (χ0v) is 7.62. The van der Waals surface area contributed by atoms with E-state index < -0.39 is 11.9 Å². The molecule has 0 bridgehead atoms. The van der Waals surface area contributed by atoms with E-state index in [0.29, 0.717) is 0 Å². The largest absolute Gasteiger partial charge is 1.00 e. The summed E-state index contributed by atoms with van der Waals surface area (Å²) in [5.74, 6) is -1.32. The molecule has 0 unspecified atom stereocenters. The van der Waals surface area contributed by atoms with Crippen LogP contribution in [0.15, 0.2) is 12.0 Å². The SMILES string of the molecule is CCOC(=O)/C=C(/[O-])OCC.[Li+]. The van der Waals surface area contributed by atoms with Crippen LogP contribution in [0.1, 0.15) is 13.8 Å². The summed E-state index contributed by atoms with van der Waals surface area (Å²) in [5.41, 5.74) is 0. The number of esters is 1. The van der Waals surface area contributed by atoms with Crippen molar-refractivity contribution >= 4 is 5.97 Å². The van der Waals surface area contributed by atoms with Crippen molar-refractivity contribution < 1.29 is 38.2 Å². The Morgan fingerprint density at radius 2 is 1.83 bits per heavy atom. The average molecular weight is 166 g/mol. The summed E-state index contributed by atoms with van der Waals surface area (Å²) in [5, 5.41) is 10.5. The molecule has 0 rings (SSSR count). The molecule has 0 radical (unpaired) electrons. The molecule has 0 aromatic rings. The first-order valence-electron chi connectivity index (χ1n) is 3.39. The molecule has 0 heterocycles. The van der Waals surface area contributed by atoms with Crippen LogP contribution in [0.25, 0.3) is 0 Å². The molecule has 64 valence electrons. The fourth-order valence-electron chi connectivity index (χ4n) is 0.464. The van der Waals surface area contributed by atoms with E-state index in [-0.39, 0.29) is 32.1 Å². The maximum absolute atomic E-state index is 10.5. The van der Waals surface area contributed by atoms with E-state index in [4.69, 9.17) is 0 Å². The van der Waals surface area contributed by atoms with Crippen LogP contribution in [0, 0.1) is 0 Å². The molecule has 0 fully saturated rings. The monoisotopic (exact) mass is 166 g/mol. The number of carbonyl (C=O) groups is 1. The van der Waals surface area contributed by atoms with Gasteiger partial charge in [0.2, 0.25) is 0 Å². The number of ether oxygens (including phenoxy) is 2. The Morgan fingerprint density at radius 1 is 1.33 bits per heavy atom. The minimum atomic E-state index is -0.661. The van der Waals surface area contributed by atoms with Gasteiger partial charge >= 0.3 is 24.8 Å². The second kappa shape index (κ2) is 8.50. The van der Waals surface area contributed by atoms with Gasteiger partial charge in [-0.2, -0.15) is 0 Å². The predicted molar refractivity (Wildman–Crippen MR) is 36.3 cm³/mol. The van der Waals surface area contributed by atoms with Crippen molar-refractivity contribution in [3.8, 4) is 0 Å². The molecule has 0 aliphatic carbocycles.